The average Bonchev–Trinajstić information content (AvgIpc) is 2.83. The van der Waals surface area contributed by atoms with E-state index < -0.39 is 0 Å². The molecule has 1 aromatic rings. The van der Waals surface area contributed by atoms with Crippen LogP contribution in [0.4, 0.5) is 0 Å². The smallest absolute Gasteiger partial charge is 0.0623 e. The molecule has 1 aliphatic heterocycles. The maximum atomic E-state index is 6.09. The second-order valence-electron chi connectivity index (χ2n) is 4.97. The molecule has 108 valence electrons. The van der Waals surface area contributed by atoms with E-state index in [1.54, 1.807) is 12.2 Å². The Labute approximate surface area is 131 Å². The van der Waals surface area contributed by atoms with Crippen LogP contribution < -0.4 is 0 Å². The normalized spacial score (nSPS) is 16.1. The summed E-state index contributed by atoms with van der Waals surface area (Å²) in [5.74, 6) is 0. The number of nitrogens with zero attached hydrogens (tertiary/aromatic N) is 2. The van der Waals surface area contributed by atoms with Gasteiger partial charge >= 0.3 is 0 Å². The number of hydrogen-bond donors (Lipinski definition) is 0. The molecule has 0 saturated carbocycles. The van der Waals surface area contributed by atoms with E-state index in [1.807, 2.05) is 12.3 Å². The number of aromatic nitrogens is 1. The van der Waals surface area contributed by atoms with Gasteiger partial charge in [0.25, 0.3) is 0 Å². The van der Waals surface area contributed by atoms with Gasteiger partial charge in [-0.25, -0.2) is 0 Å². The van der Waals surface area contributed by atoms with Crippen LogP contribution in [0.2, 0.25) is 0 Å². The first-order valence-corrected chi connectivity index (χ1v) is 7.12. The summed E-state index contributed by atoms with van der Waals surface area (Å²) in [5, 5.41) is 0.542. The highest BCUT2D eigenvalue weighted by atomic mass is 35.5. The van der Waals surface area contributed by atoms with Crippen LogP contribution in [0.3, 0.4) is 0 Å². The highest BCUT2D eigenvalue weighted by molar-refractivity contribution is 6.31. The lowest BCUT2D eigenvalue weighted by Gasteiger charge is -2.28. The maximum Gasteiger partial charge on any atom is 0.0623 e. The van der Waals surface area contributed by atoms with Gasteiger partial charge in [0.05, 0.1) is 11.7 Å². The molecule has 0 spiro atoms. The van der Waals surface area contributed by atoms with E-state index in [0.717, 1.165) is 28.1 Å². The molecular weight excluding hydrogens is 280 g/mol. The fourth-order valence-electron chi connectivity index (χ4n) is 2.49. The van der Waals surface area contributed by atoms with Gasteiger partial charge in [-0.2, -0.15) is 0 Å². The summed E-state index contributed by atoms with van der Waals surface area (Å²) in [4.78, 5) is 6.54. The molecule has 0 amide bonds. The Hall–Kier alpha value is -2.06. The summed E-state index contributed by atoms with van der Waals surface area (Å²) in [7, 11) is 0. The first kappa shape index (κ1) is 15.3. The van der Waals surface area contributed by atoms with E-state index in [2.05, 4.69) is 49.2 Å². The monoisotopic (exact) mass is 298 g/mol. The molecule has 1 aliphatic rings. The summed E-state index contributed by atoms with van der Waals surface area (Å²) in [6, 6.07) is 4.16. The molecule has 1 aromatic heterocycles. The van der Waals surface area contributed by atoms with Crippen molar-refractivity contribution in [2.45, 2.75) is 13.0 Å². The predicted molar refractivity (Wildman–Crippen MR) is 90.8 cm³/mol. The lowest BCUT2D eigenvalue weighted by Crippen LogP contribution is -2.23. The molecular formula is C18H19ClN2. The van der Waals surface area contributed by atoms with Crippen molar-refractivity contribution in [2.24, 2.45) is 0 Å². The molecule has 0 aromatic carbocycles. The average molecular weight is 299 g/mol. The van der Waals surface area contributed by atoms with Crippen molar-refractivity contribution < 1.29 is 0 Å². The highest BCUT2D eigenvalue weighted by Gasteiger charge is 2.28. The van der Waals surface area contributed by atoms with Crippen molar-refractivity contribution in [3.05, 3.63) is 83.9 Å². The van der Waals surface area contributed by atoms with Crippen molar-refractivity contribution in [3.63, 3.8) is 0 Å². The number of allylic oxidation sites excluding steroid dienone is 1. The van der Waals surface area contributed by atoms with Crippen LogP contribution in [0, 0.1) is 0 Å². The minimum Gasteiger partial charge on any atom is -0.360 e. The van der Waals surface area contributed by atoms with Crippen LogP contribution in [-0.4, -0.2) is 16.4 Å². The van der Waals surface area contributed by atoms with Crippen molar-refractivity contribution in [1.29, 1.82) is 0 Å². The lowest BCUT2D eigenvalue weighted by molar-refractivity contribution is 0.317. The van der Waals surface area contributed by atoms with Crippen molar-refractivity contribution in [3.8, 4) is 0 Å². The van der Waals surface area contributed by atoms with Gasteiger partial charge in [-0.15, -0.1) is 0 Å². The maximum absolute atomic E-state index is 6.09. The number of hydrogen-bond acceptors (Lipinski definition) is 2. The molecule has 1 atom stereocenters. The summed E-state index contributed by atoms with van der Waals surface area (Å²) in [6.07, 6.45) is 5.39. The first-order chi connectivity index (χ1) is 9.99. The van der Waals surface area contributed by atoms with Crippen LogP contribution in [0.25, 0.3) is 6.08 Å². The Bertz CT molecular complexity index is 638. The van der Waals surface area contributed by atoms with E-state index in [9.17, 15) is 0 Å². The Morgan fingerprint density at radius 1 is 1.38 bits per heavy atom. The van der Waals surface area contributed by atoms with Crippen LogP contribution in [0.5, 0.6) is 0 Å². The molecule has 0 fully saturated rings. The Morgan fingerprint density at radius 2 is 2.10 bits per heavy atom. The van der Waals surface area contributed by atoms with E-state index in [-0.39, 0.29) is 6.04 Å². The first-order valence-electron chi connectivity index (χ1n) is 6.74. The van der Waals surface area contributed by atoms with Crippen LogP contribution >= 0.6 is 11.6 Å². The number of pyridine rings is 1. The van der Waals surface area contributed by atoms with Gasteiger partial charge < -0.3 is 4.90 Å². The number of rotatable bonds is 5. The van der Waals surface area contributed by atoms with Crippen molar-refractivity contribution >= 4 is 17.7 Å². The molecule has 2 heterocycles. The third-order valence-electron chi connectivity index (χ3n) is 3.81. The van der Waals surface area contributed by atoms with Gasteiger partial charge in [0.15, 0.2) is 0 Å². The van der Waals surface area contributed by atoms with Gasteiger partial charge in [0, 0.05) is 29.0 Å². The molecule has 0 bridgehead atoms. The third kappa shape index (κ3) is 2.86. The van der Waals surface area contributed by atoms with Crippen LogP contribution in [0.15, 0.2) is 72.6 Å². The van der Waals surface area contributed by atoms with Gasteiger partial charge in [-0.1, -0.05) is 50.1 Å². The molecule has 0 saturated heterocycles. The Balaban J connectivity index is 2.27. The Kier molecular flexibility index (Phi) is 4.49. The summed E-state index contributed by atoms with van der Waals surface area (Å²) >= 11 is 6.09. The fraction of sp³-hybridized carbons (Fsp3) is 0.167. The molecule has 2 rings (SSSR count). The van der Waals surface area contributed by atoms with E-state index in [4.69, 9.17) is 11.6 Å². The summed E-state index contributed by atoms with van der Waals surface area (Å²) < 4.78 is 0. The van der Waals surface area contributed by atoms with Gasteiger partial charge in [-0.3, -0.25) is 4.98 Å². The van der Waals surface area contributed by atoms with Gasteiger partial charge in [-0.05, 0) is 30.2 Å². The van der Waals surface area contributed by atoms with Gasteiger partial charge in [0.2, 0.25) is 0 Å². The SMILES string of the molecule is C=CC1=C(C(=C)Cl)CN(C(C)c2ccc(C=C)nc2)C1=C. The molecule has 1 unspecified atom stereocenters. The second-order valence-corrected chi connectivity index (χ2v) is 5.43. The lowest BCUT2D eigenvalue weighted by atomic mass is 10.1. The molecule has 0 aliphatic carbocycles. The highest BCUT2D eigenvalue weighted by Crippen LogP contribution is 2.38. The van der Waals surface area contributed by atoms with E-state index in [1.165, 1.54) is 0 Å². The molecule has 2 nitrogen and oxygen atoms in total. The zero-order valence-corrected chi connectivity index (χ0v) is 13.0. The molecule has 0 N–H and O–H groups in total. The summed E-state index contributed by atoms with van der Waals surface area (Å²) in [5.41, 5.74) is 4.86. The minimum atomic E-state index is 0.146. The standard InChI is InChI=1S/C18H19ClN2/c1-6-16-9-8-15(10-20-16)13(4)21-11-18(12(3)19)17(7-2)14(21)5/h6-10,13H,1-3,5,11H2,4H3. The quantitative estimate of drug-likeness (QED) is 0.772. The topological polar surface area (TPSA) is 16.1 Å². The second kappa shape index (κ2) is 6.15. The van der Waals surface area contributed by atoms with Crippen molar-refractivity contribution in [2.75, 3.05) is 6.54 Å². The number of halogens is 1. The summed E-state index contributed by atoms with van der Waals surface area (Å²) in [6.45, 7) is 18.4. The zero-order valence-electron chi connectivity index (χ0n) is 12.3. The van der Waals surface area contributed by atoms with Gasteiger partial charge in [0.1, 0.15) is 0 Å². The zero-order chi connectivity index (χ0) is 15.6. The molecule has 0 radical (unpaired) electrons. The van der Waals surface area contributed by atoms with Crippen LogP contribution in [0.1, 0.15) is 24.2 Å². The Morgan fingerprint density at radius 3 is 2.52 bits per heavy atom. The fourth-order valence-corrected chi connectivity index (χ4v) is 2.65. The third-order valence-corrected chi connectivity index (χ3v) is 4.04. The predicted octanol–water partition coefficient (Wildman–Crippen LogP) is 4.85. The largest absolute Gasteiger partial charge is 0.360 e. The van der Waals surface area contributed by atoms with E-state index in [0.29, 0.717) is 11.6 Å². The van der Waals surface area contributed by atoms with Crippen LogP contribution in [-0.2, 0) is 0 Å². The molecule has 21 heavy (non-hydrogen) atoms. The molecule has 3 heteroatoms. The van der Waals surface area contributed by atoms with Crippen molar-refractivity contribution in [1.82, 2.24) is 9.88 Å². The van der Waals surface area contributed by atoms with E-state index >= 15 is 0 Å². The minimum absolute atomic E-state index is 0.146.